The molecule has 0 bridgehead atoms. The fraction of sp³-hybridized carbons (Fsp3) is 1.00. The molecule has 1 rings (SSSR count). The number of nitrogens with one attached hydrogen (secondary N) is 1. The molecule has 2 nitrogen and oxygen atoms in total. The van der Waals surface area contributed by atoms with Crippen LogP contribution in [0.5, 0.6) is 0 Å². The second-order valence-corrected chi connectivity index (χ2v) is 5.98. The first-order valence-corrected chi connectivity index (χ1v) is 7.56. The van der Waals surface area contributed by atoms with E-state index in [-0.39, 0.29) is 0 Å². The van der Waals surface area contributed by atoms with E-state index in [4.69, 9.17) is 0 Å². The summed E-state index contributed by atoms with van der Waals surface area (Å²) in [7, 11) is 2.13. The summed E-state index contributed by atoms with van der Waals surface area (Å²) in [5.74, 6) is 0.781. The second kappa shape index (κ2) is 7.38. The van der Waals surface area contributed by atoms with Crippen LogP contribution < -0.4 is 5.32 Å². The zero-order valence-electron chi connectivity index (χ0n) is 12.5. The van der Waals surface area contributed by atoms with Gasteiger partial charge in [0.15, 0.2) is 0 Å². The van der Waals surface area contributed by atoms with Crippen molar-refractivity contribution in [2.45, 2.75) is 77.9 Å². The first-order chi connectivity index (χ1) is 8.13. The molecule has 1 aliphatic carbocycles. The molecule has 2 heteroatoms. The smallest absolute Gasteiger partial charge is 0.0249 e. The summed E-state index contributed by atoms with van der Waals surface area (Å²) < 4.78 is 0. The maximum Gasteiger partial charge on any atom is 0.0249 e. The predicted octanol–water partition coefficient (Wildman–Crippen LogP) is 3.27. The van der Waals surface area contributed by atoms with E-state index < -0.39 is 0 Å². The van der Waals surface area contributed by atoms with E-state index in [1.807, 2.05) is 0 Å². The van der Waals surface area contributed by atoms with Crippen LogP contribution in [0.1, 0.15) is 59.8 Å². The Hall–Kier alpha value is -0.0800. The van der Waals surface area contributed by atoms with Crippen molar-refractivity contribution in [2.24, 2.45) is 5.92 Å². The van der Waals surface area contributed by atoms with Crippen LogP contribution in [0, 0.1) is 5.92 Å². The zero-order chi connectivity index (χ0) is 12.8. The maximum absolute atomic E-state index is 3.55. The summed E-state index contributed by atoms with van der Waals surface area (Å²) in [5, 5.41) is 3.55. The van der Waals surface area contributed by atoms with Gasteiger partial charge < -0.3 is 5.32 Å². The summed E-state index contributed by atoms with van der Waals surface area (Å²) in [5.41, 5.74) is 0. The maximum atomic E-state index is 3.55. The van der Waals surface area contributed by atoms with Crippen LogP contribution in [0.15, 0.2) is 0 Å². The van der Waals surface area contributed by atoms with Gasteiger partial charge in [0, 0.05) is 24.7 Å². The van der Waals surface area contributed by atoms with Crippen molar-refractivity contribution >= 4 is 0 Å². The molecule has 2 unspecified atom stereocenters. The number of hydrogen-bond donors (Lipinski definition) is 1. The van der Waals surface area contributed by atoms with Crippen LogP contribution in [-0.2, 0) is 0 Å². The molecular weight excluding hydrogens is 208 g/mol. The van der Waals surface area contributed by atoms with Crippen molar-refractivity contribution in [3.05, 3.63) is 0 Å². The van der Waals surface area contributed by atoms with Crippen molar-refractivity contribution in [1.29, 1.82) is 0 Å². The zero-order valence-corrected chi connectivity index (χ0v) is 12.5. The molecule has 0 heterocycles. The van der Waals surface area contributed by atoms with Crippen molar-refractivity contribution in [3.63, 3.8) is 0 Å². The van der Waals surface area contributed by atoms with Gasteiger partial charge in [-0.25, -0.2) is 0 Å². The van der Waals surface area contributed by atoms with Gasteiger partial charge in [0.2, 0.25) is 0 Å². The average Bonchev–Trinajstić information content (AvgIpc) is 3.10. The Morgan fingerprint density at radius 1 is 1.24 bits per heavy atom. The molecule has 17 heavy (non-hydrogen) atoms. The number of nitrogens with zero attached hydrogens (tertiary/aromatic N) is 1. The molecule has 0 aromatic rings. The largest absolute Gasteiger partial charge is 0.315 e. The molecule has 0 aliphatic heterocycles. The highest BCUT2D eigenvalue weighted by Crippen LogP contribution is 2.31. The molecule has 0 aromatic carbocycles. The Bertz CT molecular complexity index is 199. The van der Waals surface area contributed by atoms with Crippen LogP contribution in [0.25, 0.3) is 0 Å². The molecule has 1 fully saturated rings. The fourth-order valence-electron chi connectivity index (χ4n) is 2.97. The van der Waals surface area contributed by atoms with Gasteiger partial charge in [0.1, 0.15) is 0 Å². The average molecular weight is 240 g/mol. The van der Waals surface area contributed by atoms with Crippen molar-refractivity contribution < 1.29 is 0 Å². The monoisotopic (exact) mass is 240 g/mol. The molecular formula is C15H32N2. The minimum absolute atomic E-state index is 0.671. The molecule has 0 amide bonds. The molecule has 2 atom stereocenters. The van der Waals surface area contributed by atoms with Gasteiger partial charge in [-0.3, -0.25) is 4.90 Å². The van der Waals surface area contributed by atoms with E-state index in [1.54, 1.807) is 0 Å². The summed E-state index contributed by atoms with van der Waals surface area (Å²) >= 11 is 0. The van der Waals surface area contributed by atoms with Crippen LogP contribution in [-0.4, -0.2) is 36.6 Å². The molecule has 1 aliphatic rings. The third-order valence-corrected chi connectivity index (χ3v) is 3.87. The SMILES string of the molecule is CCCC(NC)C(CC)N(CC(C)C)C1CC1. The van der Waals surface area contributed by atoms with E-state index in [0.717, 1.165) is 18.0 Å². The Morgan fingerprint density at radius 2 is 1.88 bits per heavy atom. The summed E-state index contributed by atoms with van der Waals surface area (Å²) in [6, 6.07) is 2.29. The molecule has 1 N–H and O–H groups in total. The first-order valence-electron chi connectivity index (χ1n) is 7.56. The Balaban J connectivity index is 2.65. The van der Waals surface area contributed by atoms with Gasteiger partial charge >= 0.3 is 0 Å². The van der Waals surface area contributed by atoms with Gasteiger partial charge in [0.25, 0.3) is 0 Å². The molecule has 0 radical (unpaired) electrons. The Morgan fingerprint density at radius 3 is 2.24 bits per heavy atom. The van der Waals surface area contributed by atoms with Gasteiger partial charge in [-0.15, -0.1) is 0 Å². The fourth-order valence-corrected chi connectivity index (χ4v) is 2.97. The lowest BCUT2D eigenvalue weighted by Gasteiger charge is -2.38. The highest BCUT2D eigenvalue weighted by Gasteiger charge is 2.36. The second-order valence-electron chi connectivity index (χ2n) is 5.98. The molecule has 0 aromatic heterocycles. The van der Waals surface area contributed by atoms with E-state index in [2.05, 4.69) is 45.0 Å². The lowest BCUT2D eigenvalue weighted by molar-refractivity contribution is 0.125. The number of likely N-dealkylation sites (N-methyl/N-ethyl adjacent to an activating group) is 1. The summed E-state index contributed by atoms with van der Waals surface area (Å²) in [4.78, 5) is 2.79. The van der Waals surface area contributed by atoms with Crippen LogP contribution >= 0.6 is 0 Å². The Labute approximate surface area is 108 Å². The van der Waals surface area contributed by atoms with E-state index in [9.17, 15) is 0 Å². The lowest BCUT2D eigenvalue weighted by atomic mass is 9.98. The van der Waals surface area contributed by atoms with Crippen molar-refractivity contribution in [3.8, 4) is 0 Å². The highest BCUT2D eigenvalue weighted by atomic mass is 15.2. The van der Waals surface area contributed by atoms with Crippen molar-refractivity contribution in [1.82, 2.24) is 10.2 Å². The van der Waals surface area contributed by atoms with Gasteiger partial charge in [-0.05, 0) is 38.6 Å². The van der Waals surface area contributed by atoms with Crippen molar-refractivity contribution in [2.75, 3.05) is 13.6 Å². The molecule has 0 spiro atoms. The minimum Gasteiger partial charge on any atom is -0.315 e. The number of rotatable bonds is 9. The van der Waals surface area contributed by atoms with Crippen LogP contribution in [0.4, 0.5) is 0 Å². The normalized spacial score (nSPS) is 19.9. The molecule has 102 valence electrons. The predicted molar refractivity (Wildman–Crippen MR) is 76.4 cm³/mol. The highest BCUT2D eigenvalue weighted by molar-refractivity contribution is 4.93. The molecule has 1 saturated carbocycles. The van der Waals surface area contributed by atoms with Crippen LogP contribution in [0.3, 0.4) is 0 Å². The van der Waals surface area contributed by atoms with E-state index in [0.29, 0.717) is 6.04 Å². The third-order valence-electron chi connectivity index (χ3n) is 3.87. The summed E-state index contributed by atoms with van der Waals surface area (Å²) in [6.45, 7) is 10.6. The quantitative estimate of drug-likeness (QED) is 0.665. The van der Waals surface area contributed by atoms with Gasteiger partial charge in [0.05, 0.1) is 0 Å². The lowest BCUT2D eigenvalue weighted by Crippen LogP contribution is -2.50. The number of hydrogen-bond acceptors (Lipinski definition) is 2. The standard InChI is InChI=1S/C15H32N2/c1-6-8-14(16-5)15(7-2)17(11-12(3)4)13-9-10-13/h12-16H,6-11H2,1-5H3. The third kappa shape index (κ3) is 4.59. The minimum atomic E-state index is 0.671. The first kappa shape index (κ1) is 15.0. The molecule has 0 saturated heterocycles. The van der Waals surface area contributed by atoms with Gasteiger partial charge in [-0.1, -0.05) is 34.1 Å². The van der Waals surface area contributed by atoms with Gasteiger partial charge in [-0.2, -0.15) is 0 Å². The Kier molecular flexibility index (Phi) is 6.50. The van der Waals surface area contributed by atoms with E-state index >= 15 is 0 Å². The topological polar surface area (TPSA) is 15.3 Å². The van der Waals surface area contributed by atoms with Crippen LogP contribution in [0.2, 0.25) is 0 Å². The summed E-state index contributed by atoms with van der Waals surface area (Å²) in [6.07, 6.45) is 6.70. The van der Waals surface area contributed by atoms with E-state index in [1.165, 1.54) is 38.6 Å².